The number of hydrogen-bond donors (Lipinski definition) is 0. The summed E-state index contributed by atoms with van der Waals surface area (Å²) in [5.41, 5.74) is 1.01. The van der Waals surface area contributed by atoms with Crippen LogP contribution in [0.4, 0.5) is 4.39 Å². The third kappa shape index (κ3) is 4.03. The molecular weight excluding hydrogens is 363 g/mol. The fourth-order valence-corrected chi connectivity index (χ4v) is 2.53. The second kappa shape index (κ2) is 7.58. The van der Waals surface area contributed by atoms with Crippen molar-refractivity contribution in [3.63, 3.8) is 0 Å². The zero-order valence-electron chi connectivity index (χ0n) is 13.8. The van der Waals surface area contributed by atoms with Crippen LogP contribution in [0.1, 0.15) is 11.1 Å². The Morgan fingerprint density at radius 1 is 1.23 bits per heavy atom. The van der Waals surface area contributed by atoms with Crippen LogP contribution in [-0.4, -0.2) is 12.6 Å². The van der Waals surface area contributed by atoms with Crippen LogP contribution in [0.25, 0.3) is 11.0 Å². The van der Waals surface area contributed by atoms with Crippen LogP contribution in [0.2, 0.25) is 5.02 Å². The van der Waals surface area contributed by atoms with E-state index >= 15 is 0 Å². The van der Waals surface area contributed by atoms with E-state index in [1.165, 1.54) is 24.3 Å². The number of ether oxygens (including phenoxy) is 2. The molecule has 0 spiro atoms. The molecule has 0 unspecified atom stereocenters. The number of aryl methyl sites for hydroxylation is 1. The van der Waals surface area contributed by atoms with Crippen LogP contribution in [0.3, 0.4) is 0 Å². The first-order valence-electron chi connectivity index (χ1n) is 7.70. The van der Waals surface area contributed by atoms with E-state index in [0.29, 0.717) is 21.6 Å². The lowest BCUT2D eigenvalue weighted by Crippen LogP contribution is -2.16. The first-order chi connectivity index (χ1) is 12.4. The summed E-state index contributed by atoms with van der Waals surface area (Å²) in [5.74, 6) is -1.32. The van der Waals surface area contributed by atoms with Crippen molar-refractivity contribution in [1.82, 2.24) is 0 Å². The minimum absolute atomic E-state index is 0.0440. The predicted octanol–water partition coefficient (Wildman–Crippen LogP) is 4.02. The molecular formula is C19H14ClFO5. The van der Waals surface area contributed by atoms with Crippen molar-refractivity contribution in [1.29, 1.82) is 0 Å². The highest BCUT2D eigenvalue weighted by Gasteiger charge is 2.12. The van der Waals surface area contributed by atoms with Crippen molar-refractivity contribution in [2.24, 2.45) is 0 Å². The van der Waals surface area contributed by atoms with Crippen molar-refractivity contribution in [3.05, 3.63) is 74.9 Å². The van der Waals surface area contributed by atoms with Gasteiger partial charge < -0.3 is 13.9 Å². The Morgan fingerprint density at radius 3 is 2.77 bits per heavy atom. The Balaban J connectivity index is 1.71. The van der Waals surface area contributed by atoms with Gasteiger partial charge in [0.05, 0.1) is 0 Å². The van der Waals surface area contributed by atoms with E-state index in [2.05, 4.69) is 0 Å². The zero-order chi connectivity index (χ0) is 18.7. The molecule has 0 aliphatic rings. The number of carbonyl (C=O) groups is 1. The van der Waals surface area contributed by atoms with Crippen LogP contribution >= 0.6 is 11.6 Å². The van der Waals surface area contributed by atoms with Gasteiger partial charge in [-0.15, -0.1) is 0 Å². The predicted molar refractivity (Wildman–Crippen MR) is 93.9 cm³/mol. The molecule has 1 aromatic heterocycles. The van der Waals surface area contributed by atoms with Gasteiger partial charge in [-0.05, 0) is 36.8 Å². The molecule has 0 saturated heterocycles. The lowest BCUT2D eigenvalue weighted by molar-refractivity contribution is -0.147. The Hall–Kier alpha value is -2.86. The van der Waals surface area contributed by atoms with Gasteiger partial charge in [-0.1, -0.05) is 23.7 Å². The number of esters is 1. The number of carbonyl (C=O) groups excluding carboxylic acids is 1. The van der Waals surface area contributed by atoms with Crippen LogP contribution in [0.15, 0.2) is 51.7 Å². The molecule has 0 bridgehead atoms. The van der Waals surface area contributed by atoms with Gasteiger partial charge in [0.15, 0.2) is 18.2 Å². The molecule has 26 heavy (non-hydrogen) atoms. The summed E-state index contributed by atoms with van der Waals surface area (Å²) in [5, 5.41) is 1.07. The van der Waals surface area contributed by atoms with Gasteiger partial charge >= 0.3 is 11.6 Å². The van der Waals surface area contributed by atoms with Crippen LogP contribution in [-0.2, 0) is 16.1 Å². The lowest BCUT2D eigenvalue weighted by Gasteiger charge is -2.09. The van der Waals surface area contributed by atoms with E-state index in [-0.39, 0.29) is 12.4 Å². The normalized spacial score (nSPS) is 10.7. The molecule has 0 radical (unpaired) electrons. The third-order valence-electron chi connectivity index (χ3n) is 3.68. The highest BCUT2D eigenvalue weighted by Crippen LogP contribution is 2.25. The third-order valence-corrected chi connectivity index (χ3v) is 4.09. The van der Waals surface area contributed by atoms with Crippen LogP contribution in [0.5, 0.6) is 5.75 Å². The Bertz CT molecular complexity index is 1030. The number of fused-ring (bicyclic) bond motifs is 1. The standard InChI is InChI=1S/C19H14ClFO5/c1-11-6-17-13(8-14(11)20)12(7-18(22)26-17)9-25-19(23)10-24-16-5-3-2-4-15(16)21/h2-8H,9-10H2,1H3. The second-order valence-corrected chi connectivity index (χ2v) is 5.98. The number of benzene rings is 2. The second-order valence-electron chi connectivity index (χ2n) is 5.57. The maximum Gasteiger partial charge on any atom is 0.344 e. The molecule has 2 aromatic carbocycles. The Kier molecular flexibility index (Phi) is 5.23. The molecule has 0 amide bonds. The highest BCUT2D eigenvalue weighted by atomic mass is 35.5. The molecule has 0 fully saturated rings. The molecule has 0 aliphatic carbocycles. The van der Waals surface area contributed by atoms with Gasteiger partial charge in [-0.3, -0.25) is 0 Å². The van der Waals surface area contributed by atoms with Crippen molar-refractivity contribution in [2.75, 3.05) is 6.61 Å². The van der Waals surface area contributed by atoms with E-state index in [1.807, 2.05) is 0 Å². The number of halogens is 2. The van der Waals surface area contributed by atoms with Gasteiger partial charge in [-0.25, -0.2) is 14.0 Å². The fraction of sp³-hybridized carbons (Fsp3) is 0.158. The number of rotatable bonds is 5. The van der Waals surface area contributed by atoms with Crippen molar-refractivity contribution in [3.8, 4) is 5.75 Å². The summed E-state index contributed by atoms with van der Waals surface area (Å²) in [6.07, 6.45) is 0. The minimum Gasteiger partial charge on any atom is -0.479 e. The molecule has 1 heterocycles. The topological polar surface area (TPSA) is 65.7 Å². The Labute approximate surface area is 152 Å². The largest absolute Gasteiger partial charge is 0.479 e. The molecule has 3 rings (SSSR count). The molecule has 0 atom stereocenters. The fourth-order valence-electron chi connectivity index (χ4n) is 2.37. The Morgan fingerprint density at radius 2 is 2.00 bits per heavy atom. The molecule has 0 aliphatic heterocycles. The zero-order valence-corrected chi connectivity index (χ0v) is 14.5. The van der Waals surface area contributed by atoms with Crippen LogP contribution in [0, 0.1) is 12.7 Å². The van der Waals surface area contributed by atoms with Gasteiger partial charge in [0, 0.05) is 22.0 Å². The molecule has 0 N–H and O–H groups in total. The minimum atomic E-state index is -0.701. The number of hydrogen-bond acceptors (Lipinski definition) is 5. The summed E-state index contributed by atoms with van der Waals surface area (Å²) in [6, 6.07) is 10.3. The SMILES string of the molecule is Cc1cc2oc(=O)cc(COC(=O)COc3ccccc3F)c2cc1Cl. The highest BCUT2D eigenvalue weighted by molar-refractivity contribution is 6.32. The summed E-state index contributed by atoms with van der Waals surface area (Å²) < 4.78 is 28.8. The van der Waals surface area contributed by atoms with Crippen molar-refractivity contribution in [2.45, 2.75) is 13.5 Å². The molecule has 0 saturated carbocycles. The van der Waals surface area contributed by atoms with E-state index in [9.17, 15) is 14.0 Å². The van der Waals surface area contributed by atoms with Gasteiger partial charge in [-0.2, -0.15) is 0 Å². The quantitative estimate of drug-likeness (QED) is 0.497. The lowest BCUT2D eigenvalue weighted by atomic mass is 10.1. The first kappa shape index (κ1) is 17.9. The maximum absolute atomic E-state index is 13.4. The molecule has 5 nitrogen and oxygen atoms in total. The number of para-hydroxylation sites is 1. The summed E-state index contributed by atoms with van der Waals surface area (Å²) in [4.78, 5) is 23.5. The summed E-state index contributed by atoms with van der Waals surface area (Å²) in [7, 11) is 0. The first-order valence-corrected chi connectivity index (χ1v) is 8.07. The monoisotopic (exact) mass is 376 g/mol. The molecule has 7 heteroatoms. The summed E-state index contributed by atoms with van der Waals surface area (Å²) >= 11 is 6.11. The van der Waals surface area contributed by atoms with Gasteiger partial charge in [0.2, 0.25) is 0 Å². The van der Waals surface area contributed by atoms with Gasteiger partial charge in [0.25, 0.3) is 0 Å². The van der Waals surface area contributed by atoms with E-state index in [1.54, 1.807) is 25.1 Å². The molecule has 3 aromatic rings. The average Bonchev–Trinajstić information content (AvgIpc) is 2.60. The maximum atomic E-state index is 13.4. The molecule has 134 valence electrons. The van der Waals surface area contributed by atoms with Crippen molar-refractivity contribution >= 4 is 28.5 Å². The van der Waals surface area contributed by atoms with Crippen LogP contribution < -0.4 is 10.4 Å². The van der Waals surface area contributed by atoms with E-state index in [4.69, 9.17) is 25.5 Å². The average molecular weight is 377 g/mol. The van der Waals surface area contributed by atoms with Crippen molar-refractivity contribution < 1.29 is 23.1 Å². The summed E-state index contributed by atoms with van der Waals surface area (Å²) in [6.45, 7) is 1.16. The van der Waals surface area contributed by atoms with E-state index in [0.717, 1.165) is 5.56 Å². The smallest absolute Gasteiger partial charge is 0.344 e. The van der Waals surface area contributed by atoms with Gasteiger partial charge in [0.1, 0.15) is 12.2 Å². The van der Waals surface area contributed by atoms with E-state index < -0.39 is 24.0 Å².